The smallest absolute Gasteiger partial charge is 0.220 e. The molecule has 0 bridgehead atoms. The normalized spacial score (nSPS) is 32.4. The van der Waals surface area contributed by atoms with Crippen LogP contribution in [0.1, 0.15) is 51.9 Å². The maximum Gasteiger partial charge on any atom is 0.220 e. The van der Waals surface area contributed by atoms with Crippen molar-refractivity contribution >= 4 is 5.91 Å². The van der Waals surface area contributed by atoms with Gasteiger partial charge in [0.05, 0.1) is 0 Å². The Morgan fingerprint density at radius 2 is 2.17 bits per heavy atom. The standard InChI is InChI=1S/C15H28N2O/c1-12-4-5-14(9-12)10-15(18)17-8-6-13-3-2-7-16-11-13/h12-14,16H,2-11H2,1H3,(H,17,18). The summed E-state index contributed by atoms with van der Waals surface area (Å²) in [6.07, 6.45) is 8.32. The molecule has 0 aromatic rings. The summed E-state index contributed by atoms with van der Waals surface area (Å²) < 4.78 is 0. The first-order chi connectivity index (χ1) is 8.74. The van der Waals surface area contributed by atoms with Gasteiger partial charge in [0, 0.05) is 13.0 Å². The zero-order chi connectivity index (χ0) is 12.8. The molecule has 2 N–H and O–H groups in total. The fourth-order valence-electron chi connectivity index (χ4n) is 3.43. The third-order valence-electron chi connectivity index (χ3n) is 4.55. The Morgan fingerprint density at radius 3 is 2.83 bits per heavy atom. The summed E-state index contributed by atoms with van der Waals surface area (Å²) in [5.41, 5.74) is 0. The van der Waals surface area contributed by atoms with Crippen molar-refractivity contribution in [3.63, 3.8) is 0 Å². The molecular weight excluding hydrogens is 224 g/mol. The van der Waals surface area contributed by atoms with Crippen LogP contribution in [-0.2, 0) is 4.79 Å². The minimum Gasteiger partial charge on any atom is -0.356 e. The van der Waals surface area contributed by atoms with Crippen molar-refractivity contribution in [1.82, 2.24) is 10.6 Å². The molecule has 104 valence electrons. The van der Waals surface area contributed by atoms with Crippen LogP contribution >= 0.6 is 0 Å². The van der Waals surface area contributed by atoms with Crippen molar-refractivity contribution in [1.29, 1.82) is 0 Å². The Labute approximate surface area is 111 Å². The van der Waals surface area contributed by atoms with E-state index in [-0.39, 0.29) is 5.91 Å². The summed E-state index contributed by atoms with van der Waals surface area (Å²) in [5.74, 6) is 2.52. The molecule has 0 radical (unpaired) electrons. The van der Waals surface area contributed by atoms with Gasteiger partial charge in [0.1, 0.15) is 0 Å². The van der Waals surface area contributed by atoms with Crippen LogP contribution in [0.3, 0.4) is 0 Å². The first kappa shape index (κ1) is 13.9. The number of rotatable bonds is 5. The molecule has 1 amide bonds. The van der Waals surface area contributed by atoms with E-state index in [0.717, 1.165) is 37.8 Å². The second-order valence-electron chi connectivity index (χ2n) is 6.34. The fourth-order valence-corrected chi connectivity index (χ4v) is 3.43. The molecule has 2 fully saturated rings. The highest BCUT2D eigenvalue weighted by Crippen LogP contribution is 2.32. The van der Waals surface area contributed by atoms with E-state index in [1.807, 2.05) is 0 Å². The van der Waals surface area contributed by atoms with Crippen LogP contribution in [0, 0.1) is 17.8 Å². The van der Waals surface area contributed by atoms with E-state index < -0.39 is 0 Å². The number of amides is 1. The number of piperidine rings is 1. The molecule has 3 unspecified atom stereocenters. The highest BCUT2D eigenvalue weighted by Gasteiger charge is 2.23. The average Bonchev–Trinajstić information content (AvgIpc) is 2.76. The molecule has 1 heterocycles. The maximum atomic E-state index is 11.8. The Kier molecular flexibility index (Phi) is 5.48. The van der Waals surface area contributed by atoms with Crippen LogP contribution in [-0.4, -0.2) is 25.5 Å². The molecular formula is C15H28N2O. The van der Waals surface area contributed by atoms with Crippen LogP contribution in [0.2, 0.25) is 0 Å². The first-order valence-electron chi connectivity index (χ1n) is 7.71. The highest BCUT2D eigenvalue weighted by molar-refractivity contribution is 5.76. The fraction of sp³-hybridized carbons (Fsp3) is 0.933. The lowest BCUT2D eigenvalue weighted by molar-refractivity contribution is -0.122. The van der Waals surface area contributed by atoms with Crippen molar-refractivity contribution in [3.8, 4) is 0 Å². The molecule has 0 aromatic heterocycles. The van der Waals surface area contributed by atoms with E-state index in [4.69, 9.17) is 0 Å². The number of carbonyl (C=O) groups excluding carboxylic acids is 1. The highest BCUT2D eigenvalue weighted by atomic mass is 16.1. The van der Waals surface area contributed by atoms with E-state index in [9.17, 15) is 4.79 Å². The third-order valence-corrected chi connectivity index (χ3v) is 4.55. The van der Waals surface area contributed by atoms with Crippen LogP contribution in [0.4, 0.5) is 0 Å². The molecule has 18 heavy (non-hydrogen) atoms. The summed E-state index contributed by atoms with van der Waals surface area (Å²) in [5, 5.41) is 6.53. The van der Waals surface area contributed by atoms with Crippen LogP contribution < -0.4 is 10.6 Å². The van der Waals surface area contributed by atoms with Gasteiger partial charge in [0.15, 0.2) is 0 Å². The summed E-state index contributed by atoms with van der Waals surface area (Å²) in [6, 6.07) is 0. The van der Waals surface area contributed by atoms with Gasteiger partial charge in [-0.25, -0.2) is 0 Å². The van der Waals surface area contributed by atoms with Crippen LogP contribution in [0.5, 0.6) is 0 Å². The van der Waals surface area contributed by atoms with E-state index >= 15 is 0 Å². The van der Waals surface area contributed by atoms with Gasteiger partial charge in [0.25, 0.3) is 0 Å². The molecule has 2 aliphatic rings. The Morgan fingerprint density at radius 1 is 1.28 bits per heavy atom. The van der Waals surface area contributed by atoms with Crippen molar-refractivity contribution < 1.29 is 4.79 Å². The quantitative estimate of drug-likeness (QED) is 0.788. The molecule has 1 saturated carbocycles. The minimum atomic E-state index is 0.276. The van der Waals surface area contributed by atoms with Crippen LogP contribution in [0.15, 0.2) is 0 Å². The predicted molar refractivity (Wildman–Crippen MR) is 74.3 cm³/mol. The summed E-state index contributed by atoms with van der Waals surface area (Å²) in [7, 11) is 0. The molecule has 1 aliphatic heterocycles. The van der Waals surface area contributed by atoms with Crippen molar-refractivity contribution in [2.24, 2.45) is 17.8 Å². The lowest BCUT2D eigenvalue weighted by atomic mass is 9.96. The largest absolute Gasteiger partial charge is 0.356 e. The second kappa shape index (κ2) is 7.13. The number of hydrogen-bond acceptors (Lipinski definition) is 2. The molecule has 0 spiro atoms. The van der Waals surface area contributed by atoms with Gasteiger partial charge in [0.2, 0.25) is 5.91 Å². The monoisotopic (exact) mass is 252 g/mol. The topological polar surface area (TPSA) is 41.1 Å². The van der Waals surface area contributed by atoms with E-state index in [2.05, 4.69) is 17.6 Å². The lowest BCUT2D eigenvalue weighted by Gasteiger charge is -2.22. The molecule has 1 aliphatic carbocycles. The molecule has 0 aromatic carbocycles. The van der Waals surface area contributed by atoms with Crippen molar-refractivity contribution in [2.75, 3.05) is 19.6 Å². The molecule has 3 heteroatoms. The average molecular weight is 252 g/mol. The van der Waals surface area contributed by atoms with Crippen LogP contribution in [0.25, 0.3) is 0 Å². The first-order valence-corrected chi connectivity index (χ1v) is 7.71. The summed E-state index contributed by atoms with van der Waals surface area (Å²) >= 11 is 0. The summed E-state index contributed by atoms with van der Waals surface area (Å²) in [4.78, 5) is 11.8. The van der Waals surface area contributed by atoms with Gasteiger partial charge in [-0.3, -0.25) is 4.79 Å². The van der Waals surface area contributed by atoms with E-state index in [0.29, 0.717) is 5.92 Å². The van der Waals surface area contributed by atoms with Gasteiger partial charge in [-0.1, -0.05) is 13.3 Å². The zero-order valence-corrected chi connectivity index (χ0v) is 11.7. The van der Waals surface area contributed by atoms with Crippen molar-refractivity contribution in [2.45, 2.75) is 51.9 Å². The Hall–Kier alpha value is -0.570. The van der Waals surface area contributed by atoms with Gasteiger partial charge in [-0.2, -0.15) is 0 Å². The van der Waals surface area contributed by atoms with Gasteiger partial charge in [-0.15, -0.1) is 0 Å². The maximum absolute atomic E-state index is 11.8. The second-order valence-corrected chi connectivity index (χ2v) is 6.34. The third kappa shape index (κ3) is 4.60. The predicted octanol–water partition coefficient (Wildman–Crippen LogP) is 2.32. The molecule has 1 saturated heterocycles. The summed E-state index contributed by atoms with van der Waals surface area (Å²) in [6.45, 7) is 5.47. The van der Waals surface area contributed by atoms with Gasteiger partial charge >= 0.3 is 0 Å². The number of hydrogen-bond donors (Lipinski definition) is 2. The Bertz CT molecular complexity index is 261. The van der Waals surface area contributed by atoms with Gasteiger partial charge in [-0.05, 0) is 62.9 Å². The zero-order valence-electron chi connectivity index (χ0n) is 11.7. The molecule has 3 atom stereocenters. The van der Waals surface area contributed by atoms with E-state index in [1.54, 1.807) is 0 Å². The minimum absolute atomic E-state index is 0.276. The molecule has 2 rings (SSSR count). The lowest BCUT2D eigenvalue weighted by Crippen LogP contribution is -2.33. The Balaban J connectivity index is 1.54. The van der Waals surface area contributed by atoms with E-state index in [1.165, 1.54) is 38.6 Å². The van der Waals surface area contributed by atoms with Crippen molar-refractivity contribution in [3.05, 3.63) is 0 Å². The van der Waals surface area contributed by atoms with Gasteiger partial charge < -0.3 is 10.6 Å². The number of carbonyl (C=O) groups is 1. The molecule has 3 nitrogen and oxygen atoms in total. The SMILES string of the molecule is CC1CCC(CC(=O)NCCC2CCCNC2)C1. The number of nitrogens with one attached hydrogen (secondary N) is 2.